The maximum Gasteiger partial charge on any atom is 0.149 e. The van der Waals surface area contributed by atoms with Crippen LogP contribution >= 0.6 is 0 Å². The summed E-state index contributed by atoms with van der Waals surface area (Å²) < 4.78 is 12.6. The molecule has 0 saturated carbocycles. The third kappa shape index (κ3) is 1.62. The highest BCUT2D eigenvalue weighted by Gasteiger charge is 2.25. The van der Waals surface area contributed by atoms with Crippen molar-refractivity contribution in [1.29, 1.82) is 0 Å². The van der Waals surface area contributed by atoms with Gasteiger partial charge in [-0.1, -0.05) is 0 Å². The number of rotatable bonds is 2. The normalized spacial score (nSPS) is 21.5. The lowest BCUT2D eigenvalue weighted by molar-refractivity contribution is 0.427. The predicted octanol–water partition coefficient (Wildman–Crippen LogP) is 0.997. The monoisotopic (exact) mass is 196 g/mol. The molecule has 1 fully saturated rings. The Bertz CT molecular complexity index is 317. The largest absolute Gasteiger partial charge is 0.382 e. The van der Waals surface area contributed by atoms with Crippen LogP contribution in [-0.4, -0.2) is 29.2 Å². The Kier molecular flexibility index (Phi) is 2.47. The van der Waals surface area contributed by atoms with Gasteiger partial charge >= 0.3 is 0 Å². The molecule has 0 amide bonds. The van der Waals surface area contributed by atoms with E-state index in [-0.39, 0.29) is 12.7 Å². The van der Waals surface area contributed by atoms with E-state index in [9.17, 15) is 4.39 Å². The molecule has 0 aliphatic carbocycles. The highest BCUT2D eigenvalue weighted by molar-refractivity contribution is 5.43. The van der Waals surface area contributed by atoms with E-state index < -0.39 is 0 Å². The van der Waals surface area contributed by atoms with E-state index in [1.54, 1.807) is 6.20 Å². The van der Waals surface area contributed by atoms with Gasteiger partial charge in [0.25, 0.3) is 0 Å². The minimum Gasteiger partial charge on any atom is -0.382 e. The summed E-state index contributed by atoms with van der Waals surface area (Å²) in [5.41, 5.74) is 5.52. The standard InChI is InChI=1S/C9H13FN4/c10-4-7-2-1-3-14(7)9-6-12-5-8(11)13-9/h5-7H,1-4H2,(H2,11,13). The quantitative estimate of drug-likeness (QED) is 0.766. The lowest BCUT2D eigenvalue weighted by atomic mass is 10.2. The molecule has 0 aromatic carbocycles. The number of hydrogen-bond acceptors (Lipinski definition) is 4. The van der Waals surface area contributed by atoms with E-state index in [0.29, 0.717) is 11.6 Å². The maximum atomic E-state index is 12.6. The Morgan fingerprint density at radius 3 is 3.14 bits per heavy atom. The number of nitrogens with two attached hydrogens (primary N) is 1. The second-order valence-corrected chi connectivity index (χ2v) is 3.45. The van der Waals surface area contributed by atoms with Crippen LogP contribution in [0.5, 0.6) is 0 Å². The fraction of sp³-hybridized carbons (Fsp3) is 0.556. The van der Waals surface area contributed by atoms with E-state index in [4.69, 9.17) is 5.73 Å². The zero-order valence-corrected chi connectivity index (χ0v) is 7.86. The lowest BCUT2D eigenvalue weighted by Gasteiger charge is -2.22. The summed E-state index contributed by atoms with van der Waals surface area (Å²) in [6.07, 6.45) is 5.01. The van der Waals surface area contributed by atoms with Crippen LogP contribution in [0.1, 0.15) is 12.8 Å². The summed E-state index contributed by atoms with van der Waals surface area (Å²) in [6.45, 7) is 0.503. The van der Waals surface area contributed by atoms with Crippen molar-refractivity contribution in [1.82, 2.24) is 9.97 Å². The van der Waals surface area contributed by atoms with Gasteiger partial charge in [0.05, 0.1) is 18.4 Å². The smallest absolute Gasteiger partial charge is 0.149 e. The average molecular weight is 196 g/mol. The molecule has 1 unspecified atom stereocenters. The van der Waals surface area contributed by atoms with Crippen molar-refractivity contribution >= 4 is 11.6 Å². The van der Waals surface area contributed by atoms with Crippen LogP contribution in [0.25, 0.3) is 0 Å². The zero-order chi connectivity index (χ0) is 9.97. The van der Waals surface area contributed by atoms with Crippen molar-refractivity contribution in [3.8, 4) is 0 Å². The fourth-order valence-corrected chi connectivity index (χ4v) is 1.81. The first kappa shape index (κ1) is 9.18. The number of halogens is 1. The van der Waals surface area contributed by atoms with Gasteiger partial charge < -0.3 is 10.6 Å². The molecule has 5 heteroatoms. The fourth-order valence-electron chi connectivity index (χ4n) is 1.81. The molecule has 4 nitrogen and oxygen atoms in total. The van der Waals surface area contributed by atoms with Crippen molar-refractivity contribution in [2.75, 3.05) is 23.9 Å². The lowest BCUT2D eigenvalue weighted by Crippen LogP contribution is -2.31. The minimum absolute atomic E-state index is 0.0499. The second kappa shape index (κ2) is 3.77. The van der Waals surface area contributed by atoms with Gasteiger partial charge in [0.2, 0.25) is 0 Å². The number of nitrogen functional groups attached to an aromatic ring is 1. The molecular formula is C9H13FN4. The number of anilines is 2. The van der Waals surface area contributed by atoms with E-state index >= 15 is 0 Å². The predicted molar refractivity (Wildman–Crippen MR) is 52.8 cm³/mol. The summed E-state index contributed by atoms with van der Waals surface area (Å²) in [5, 5.41) is 0. The van der Waals surface area contributed by atoms with Gasteiger partial charge in [0, 0.05) is 6.54 Å². The highest BCUT2D eigenvalue weighted by atomic mass is 19.1. The third-order valence-corrected chi connectivity index (χ3v) is 2.49. The van der Waals surface area contributed by atoms with Crippen LogP contribution in [0.2, 0.25) is 0 Å². The summed E-state index contributed by atoms with van der Waals surface area (Å²) in [5.74, 6) is 1.07. The molecule has 0 bridgehead atoms. The van der Waals surface area contributed by atoms with E-state index in [2.05, 4.69) is 9.97 Å². The zero-order valence-electron chi connectivity index (χ0n) is 7.86. The van der Waals surface area contributed by atoms with E-state index in [1.165, 1.54) is 6.20 Å². The topological polar surface area (TPSA) is 55.0 Å². The summed E-state index contributed by atoms with van der Waals surface area (Å²) in [7, 11) is 0. The summed E-state index contributed by atoms with van der Waals surface area (Å²) >= 11 is 0. The number of nitrogens with zero attached hydrogens (tertiary/aromatic N) is 3. The van der Waals surface area contributed by atoms with Crippen LogP contribution in [0.4, 0.5) is 16.0 Å². The number of hydrogen-bond donors (Lipinski definition) is 1. The van der Waals surface area contributed by atoms with Crippen molar-refractivity contribution in [2.45, 2.75) is 18.9 Å². The molecule has 1 atom stereocenters. The van der Waals surface area contributed by atoms with Gasteiger partial charge in [-0.25, -0.2) is 9.37 Å². The molecule has 2 rings (SSSR count). The molecule has 1 saturated heterocycles. The Morgan fingerprint density at radius 2 is 2.43 bits per heavy atom. The van der Waals surface area contributed by atoms with Crippen molar-refractivity contribution in [3.05, 3.63) is 12.4 Å². The Morgan fingerprint density at radius 1 is 1.57 bits per heavy atom. The molecule has 0 spiro atoms. The van der Waals surface area contributed by atoms with Crippen LogP contribution in [-0.2, 0) is 0 Å². The van der Waals surface area contributed by atoms with E-state index in [1.807, 2.05) is 4.90 Å². The van der Waals surface area contributed by atoms with Crippen LogP contribution in [0.15, 0.2) is 12.4 Å². The molecular weight excluding hydrogens is 183 g/mol. The molecule has 0 radical (unpaired) electrons. The maximum absolute atomic E-state index is 12.6. The van der Waals surface area contributed by atoms with Gasteiger partial charge in [-0.15, -0.1) is 0 Å². The van der Waals surface area contributed by atoms with Crippen LogP contribution < -0.4 is 10.6 Å². The Balaban J connectivity index is 2.21. The van der Waals surface area contributed by atoms with Crippen LogP contribution in [0, 0.1) is 0 Å². The first-order valence-electron chi connectivity index (χ1n) is 4.71. The van der Waals surface area contributed by atoms with Crippen molar-refractivity contribution in [2.24, 2.45) is 0 Å². The molecule has 1 aliphatic heterocycles. The second-order valence-electron chi connectivity index (χ2n) is 3.45. The van der Waals surface area contributed by atoms with Gasteiger partial charge in [-0.05, 0) is 12.8 Å². The number of aromatic nitrogens is 2. The minimum atomic E-state index is -0.337. The van der Waals surface area contributed by atoms with Gasteiger partial charge in [0.1, 0.15) is 18.3 Å². The molecule has 1 aliphatic rings. The summed E-state index contributed by atoms with van der Waals surface area (Å²) in [6, 6.07) is -0.0499. The molecule has 1 aromatic rings. The van der Waals surface area contributed by atoms with Crippen LogP contribution in [0.3, 0.4) is 0 Å². The first-order valence-corrected chi connectivity index (χ1v) is 4.71. The molecule has 1 aromatic heterocycles. The van der Waals surface area contributed by atoms with Gasteiger partial charge in [-0.2, -0.15) is 0 Å². The molecule has 76 valence electrons. The summed E-state index contributed by atoms with van der Waals surface area (Å²) in [4.78, 5) is 10.0. The average Bonchev–Trinajstić information content (AvgIpc) is 2.65. The van der Waals surface area contributed by atoms with Crippen molar-refractivity contribution in [3.63, 3.8) is 0 Å². The molecule has 2 N–H and O–H groups in total. The SMILES string of the molecule is Nc1cncc(N2CCCC2CF)n1. The molecule has 2 heterocycles. The Hall–Kier alpha value is -1.39. The highest BCUT2D eigenvalue weighted by Crippen LogP contribution is 2.23. The first-order chi connectivity index (χ1) is 6.81. The van der Waals surface area contributed by atoms with Gasteiger partial charge in [0.15, 0.2) is 0 Å². The van der Waals surface area contributed by atoms with E-state index in [0.717, 1.165) is 19.4 Å². The van der Waals surface area contributed by atoms with Gasteiger partial charge in [-0.3, -0.25) is 4.98 Å². The molecule has 14 heavy (non-hydrogen) atoms. The number of alkyl halides is 1. The van der Waals surface area contributed by atoms with Crippen molar-refractivity contribution < 1.29 is 4.39 Å². The third-order valence-electron chi connectivity index (χ3n) is 2.49. The Labute approximate surface area is 82.0 Å².